The fourth-order valence-corrected chi connectivity index (χ4v) is 0.552. The van der Waals surface area contributed by atoms with E-state index < -0.39 is 0 Å². The van der Waals surface area contributed by atoms with Crippen LogP contribution in [0, 0.1) is 0 Å². The first-order valence-corrected chi connectivity index (χ1v) is 2.68. The number of H-pyrrole nitrogens is 1. The number of anilines is 2. The average Bonchev–Trinajstić information content (AvgIpc) is 2.14. The van der Waals surface area contributed by atoms with Crippen LogP contribution in [-0.2, 0) is 0 Å². The number of nitrogens with two attached hydrogens (primary N) is 1. The fraction of sp³-hybridized carbons (Fsp3) is 0.400. The third-order valence-electron chi connectivity index (χ3n) is 1.01. The minimum atomic E-state index is 0.596. The van der Waals surface area contributed by atoms with Crippen molar-refractivity contribution in [1.82, 2.24) is 9.97 Å². The van der Waals surface area contributed by atoms with Gasteiger partial charge in [0.2, 0.25) is 5.95 Å². The summed E-state index contributed by atoms with van der Waals surface area (Å²) in [5.41, 5.74) is 5.37. The van der Waals surface area contributed by atoms with E-state index in [1.165, 1.54) is 0 Å². The molecular formula is C5H10N4. The van der Waals surface area contributed by atoms with Crippen LogP contribution < -0.4 is 10.6 Å². The van der Waals surface area contributed by atoms with Crippen LogP contribution in [0.15, 0.2) is 6.20 Å². The molecule has 0 aliphatic carbocycles. The summed E-state index contributed by atoms with van der Waals surface area (Å²) in [5, 5.41) is 0. The molecule has 1 rings (SSSR count). The Hall–Kier alpha value is -1.19. The number of nitrogens with zero attached hydrogens (tertiary/aromatic N) is 2. The van der Waals surface area contributed by atoms with Gasteiger partial charge in [-0.25, -0.2) is 4.98 Å². The van der Waals surface area contributed by atoms with Crippen molar-refractivity contribution in [2.24, 2.45) is 0 Å². The van der Waals surface area contributed by atoms with Gasteiger partial charge in [-0.1, -0.05) is 0 Å². The topological polar surface area (TPSA) is 57.9 Å². The molecule has 9 heavy (non-hydrogen) atoms. The number of aromatic nitrogens is 2. The molecule has 0 saturated heterocycles. The largest absolute Gasteiger partial charge is 0.384 e. The second kappa shape index (κ2) is 1.97. The Morgan fingerprint density at radius 3 is 2.56 bits per heavy atom. The molecule has 0 spiro atoms. The van der Waals surface area contributed by atoms with Gasteiger partial charge in [0, 0.05) is 14.1 Å². The second-order valence-electron chi connectivity index (χ2n) is 2.06. The second-order valence-corrected chi connectivity index (χ2v) is 2.06. The van der Waals surface area contributed by atoms with Gasteiger partial charge in [-0.05, 0) is 0 Å². The molecule has 0 unspecified atom stereocenters. The van der Waals surface area contributed by atoms with Crippen molar-refractivity contribution in [3.63, 3.8) is 0 Å². The van der Waals surface area contributed by atoms with Gasteiger partial charge in [0.05, 0.1) is 6.20 Å². The van der Waals surface area contributed by atoms with Gasteiger partial charge in [-0.2, -0.15) is 0 Å². The quantitative estimate of drug-likeness (QED) is 0.559. The fourth-order valence-electron chi connectivity index (χ4n) is 0.552. The van der Waals surface area contributed by atoms with E-state index in [0.717, 1.165) is 5.95 Å². The maximum atomic E-state index is 5.37. The third kappa shape index (κ3) is 1.13. The lowest BCUT2D eigenvalue weighted by molar-refractivity contribution is 1.04. The van der Waals surface area contributed by atoms with Crippen LogP contribution in [0.1, 0.15) is 0 Å². The van der Waals surface area contributed by atoms with Crippen molar-refractivity contribution in [1.29, 1.82) is 0 Å². The minimum Gasteiger partial charge on any atom is -0.384 e. The molecule has 1 heterocycles. The lowest BCUT2D eigenvalue weighted by atomic mass is 10.8. The smallest absolute Gasteiger partial charge is 0.203 e. The highest BCUT2D eigenvalue weighted by Gasteiger charge is 1.96. The predicted octanol–water partition coefficient (Wildman–Crippen LogP) is 0.0579. The molecule has 3 N–H and O–H groups in total. The van der Waals surface area contributed by atoms with E-state index in [1.807, 2.05) is 19.0 Å². The van der Waals surface area contributed by atoms with E-state index in [9.17, 15) is 0 Å². The first kappa shape index (κ1) is 5.94. The zero-order valence-corrected chi connectivity index (χ0v) is 5.55. The monoisotopic (exact) mass is 126 g/mol. The number of nitrogens with one attached hydrogen (secondary N) is 1. The van der Waals surface area contributed by atoms with Crippen molar-refractivity contribution in [2.75, 3.05) is 24.7 Å². The Kier molecular flexibility index (Phi) is 1.30. The molecule has 0 amide bonds. The average molecular weight is 126 g/mol. The van der Waals surface area contributed by atoms with E-state index in [4.69, 9.17) is 5.73 Å². The lowest BCUT2D eigenvalue weighted by Crippen LogP contribution is -2.10. The Morgan fingerprint density at radius 1 is 1.67 bits per heavy atom. The number of hydrogen-bond acceptors (Lipinski definition) is 3. The van der Waals surface area contributed by atoms with Crippen LogP contribution in [0.5, 0.6) is 0 Å². The Labute approximate surface area is 53.7 Å². The molecule has 0 saturated carbocycles. The Bertz CT molecular complexity index is 191. The Balaban J connectivity index is 2.85. The van der Waals surface area contributed by atoms with E-state index >= 15 is 0 Å². The molecule has 1 aromatic rings. The molecule has 0 bridgehead atoms. The highest BCUT2D eigenvalue weighted by Crippen LogP contribution is 2.04. The molecule has 1 aromatic heterocycles. The lowest BCUT2D eigenvalue weighted by Gasteiger charge is -2.05. The molecule has 0 radical (unpaired) electrons. The van der Waals surface area contributed by atoms with Crippen molar-refractivity contribution < 1.29 is 0 Å². The number of aromatic amines is 1. The molecule has 0 aromatic carbocycles. The van der Waals surface area contributed by atoms with Crippen LogP contribution in [0.2, 0.25) is 0 Å². The van der Waals surface area contributed by atoms with Gasteiger partial charge < -0.3 is 15.6 Å². The van der Waals surface area contributed by atoms with Crippen molar-refractivity contribution in [3.8, 4) is 0 Å². The van der Waals surface area contributed by atoms with Crippen LogP contribution in [0.25, 0.3) is 0 Å². The normalized spacial score (nSPS) is 9.56. The van der Waals surface area contributed by atoms with E-state index in [0.29, 0.717) is 5.82 Å². The van der Waals surface area contributed by atoms with Gasteiger partial charge >= 0.3 is 0 Å². The van der Waals surface area contributed by atoms with Crippen LogP contribution in [0.3, 0.4) is 0 Å². The van der Waals surface area contributed by atoms with Gasteiger partial charge in [0.15, 0.2) is 0 Å². The summed E-state index contributed by atoms with van der Waals surface area (Å²) in [6.07, 6.45) is 1.59. The standard InChI is InChI=1S/C5H10N4/c1-9(2)5-7-3-4(6)8-5/h3H,6H2,1-2H3,(H,7,8). The van der Waals surface area contributed by atoms with Gasteiger partial charge in [-0.3, -0.25) is 0 Å². The van der Waals surface area contributed by atoms with E-state index in [-0.39, 0.29) is 0 Å². The highest BCUT2D eigenvalue weighted by molar-refractivity contribution is 5.37. The summed E-state index contributed by atoms with van der Waals surface area (Å²) in [5.74, 6) is 1.38. The van der Waals surface area contributed by atoms with Crippen molar-refractivity contribution in [2.45, 2.75) is 0 Å². The SMILES string of the molecule is CN(C)c1ncc(N)[nH]1. The Morgan fingerprint density at radius 2 is 2.33 bits per heavy atom. The number of rotatable bonds is 1. The maximum absolute atomic E-state index is 5.37. The molecule has 0 aliphatic heterocycles. The molecule has 0 aliphatic rings. The maximum Gasteiger partial charge on any atom is 0.203 e. The first-order valence-electron chi connectivity index (χ1n) is 2.68. The predicted molar refractivity (Wildman–Crippen MR) is 37.3 cm³/mol. The molecule has 50 valence electrons. The van der Waals surface area contributed by atoms with Crippen LogP contribution >= 0.6 is 0 Å². The zero-order valence-electron chi connectivity index (χ0n) is 5.55. The summed E-state index contributed by atoms with van der Waals surface area (Å²) in [7, 11) is 3.80. The van der Waals surface area contributed by atoms with E-state index in [2.05, 4.69) is 9.97 Å². The van der Waals surface area contributed by atoms with Gasteiger partial charge in [-0.15, -0.1) is 0 Å². The molecular weight excluding hydrogens is 116 g/mol. The molecule has 0 atom stereocenters. The first-order chi connectivity index (χ1) is 4.20. The summed E-state index contributed by atoms with van der Waals surface area (Å²) in [6.45, 7) is 0. The number of nitrogen functional groups attached to an aromatic ring is 1. The van der Waals surface area contributed by atoms with Crippen LogP contribution in [0.4, 0.5) is 11.8 Å². The van der Waals surface area contributed by atoms with Gasteiger partial charge in [0.25, 0.3) is 0 Å². The minimum absolute atomic E-state index is 0.596. The summed E-state index contributed by atoms with van der Waals surface area (Å²) >= 11 is 0. The third-order valence-corrected chi connectivity index (χ3v) is 1.01. The van der Waals surface area contributed by atoms with Crippen molar-refractivity contribution in [3.05, 3.63) is 6.20 Å². The van der Waals surface area contributed by atoms with E-state index in [1.54, 1.807) is 6.20 Å². The van der Waals surface area contributed by atoms with Gasteiger partial charge in [0.1, 0.15) is 5.82 Å². The number of hydrogen-bond donors (Lipinski definition) is 2. The van der Waals surface area contributed by atoms with Crippen molar-refractivity contribution >= 4 is 11.8 Å². The molecule has 4 heteroatoms. The van der Waals surface area contributed by atoms with Crippen LogP contribution in [-0.4, -0.2) is 24.1 Å². The number of imidazole rings is 1. The molecule has 4 nitrogen and oxygen atoms in total. The summed E-state index contributed by atoms with van der Waals surface area (Å²) < 4.78 is 0. The summed E-state index contributed by atoms with van der Waals surface area (Å²) in [6, 6.07) is 0. The zero-order chi connectivity index (χ0) is 6.85. The summed E-state index contributed by atoms with van der Waals surface area (Å²) in [4.78, 5) is 8.69. The highest BCUT2D eigenvalue weighted by atomic mass is 15.2. The molecule has 0 fully saturated rings.